The van der Waals surface area contributed by atoms with Crippen LogP contribution in [-0.4, -0.2) is 18.9 Å². The third-order valence-electron chi connectivity index (χ3n) is 3.12. The summed E-state index contributed by atoms with van der Waals surface area (Å²) in [5.41, 5.74) is 3.20. The Morgan fingerprint density at radius 3 is 2.57 bits per heavy atom. The fourth-order valence-electron chi connectivity index (χ4n) is 1.87. The number of amides is 1. The first-order valence-corrected chi connectivity index (χ1v) is 7.75. The number of oxime groups is 1. The lowest BCUT2D eigenvalue weighted by Gasteiger charge is -2.09. The molecule has 2 rings (SSSR count). The summed E-state index contributed by atoms with van der Waals surface area (Å²) in [6, 6.07) is 15.1. The highest BCUT2D eigenvalue weighted by Gasteiger charge is 2.06. The number of halogens is 1. The largest absolute Gasteiger partial charge is 0.453 e. The molecule has 0 atom stereocenters. The summed E-state index contributed by atoms with van der Waals surface area (Å²) in [4.78, 5) is 16.7. The Balaban J connectivity index is 2.02. The van der Waals surface area contributed by atoms with Crippen molar-refractivity contribution in [2.24, 2.45) is 5.16 Å². The number of para-hydroxylation sites is 1. The quantitative estimate of drug-likeness (QED) is 0.614. The number of nitrogens with one attached hydrogen (secondary N) is 1. The van der Waals surface area contributed by atoms with E-state index in [1.165, 1.54) is 7.11 Å². The van der Waals surface area contributed by atoms with Crippen LogP contribution >= 0.6 is 15.9 Å². The second kappa shape index (κ2) is 8.33. The maximum Gasteiger partial charge on any atom is 0.411 e. The van der Waals surface area contributed by atoms with E-state index in [1.807, 2.05) is 49.4 Å². The predicted octanol–water partition coefficient (Wildman–Crippen LogP) is 4.57. The molecule has 1 N–H and O–H groups in total. The molecule has 5 nitrogen and oxygen atoms in total. The zero-order valence-electron chi connectivity index (χ0n) is 12.9. The minimum absolute atomic E-state index is 0.244. The van der Waals surface area contributed by atoms with Gasteiger partial charge in [0.25, 0.3) is 0 Å². The summed E-state index contributed by atoms with van der Waals surface area (Å²) in [7, 11) is 1.32. The zero-order valence-corrected chi connectivity index (χ0v) is 14.5. The highest BCUT2D eigenvalue weighted by Crippen LogP contribution is 2.17. The van der Waals surface area contributed by atoms with Crippen molar-refractivity contribution in [2.75, 3.05) is 12.4 Å². The van der Waals surface area contributed by atoms with Crippen molar-refractivity contribution >= 4 is 33.4 Å². The van der Waals surface area contributed by atoms with Crippen molar-refractivity contribution in [1.29, 1.82) is 0 Å². The van der Waals surface area contributed by atoms with Crippen LogP contribution < -0.4 is 5.32 Å². The van der Waals surface area contributed by atoms with Crippen molar-refractivity contribution in [3.05, 3.63) is 64.1 Å². The summed E-state index contributed by atoms with van der Waals surface area (Å²) >= 11 is 3.40. The fraction of sp³-hybridized carbons (Fsp3) is 0.176. The summed E-state index contributed by atoms with van der Waals surface area (Å²) in [5.74, 6) is 0. The second-order valence-electron chi connectivity index (χ2n) is 4.73. The predicted molar refractivity (Wildman–Crippen MR) is 93.6 cm³/mol. The number of hydrogen-bond donors (Lipinski definition) is 1. The maximum atomic E-state index is 11.3. The molecule has 2 aromatic rings. The van der Waals surface area contributed by atoms with E-state index >= 15 is 0 Å². The number of rotatable bonds is 5. The maximum absolute atomic E-state index is 11.3. The number of methoxy groups -OCH3 is 1. The fourth-order valence-corrected chi connectivity index (χ4v) is 2.14. The van der Waals surface area contributed by atoms with Gasteiger partial charge in [0.05, 0.1) is 18.5 Å². The highest BCUT2D eigenvalue weighted by atomic mass is 79.9. The van der Waals surface area contributed by atoms with Gasteiger partial charge in [0.1, 0.15) is 6.61 Å². The van der Waals surface area contributed by atoms with Gasteiger partial charge in [-0.25, -0.2) is 4.79 Å². The molecule has 6 heteroatoms. The van der Waals surface area contributed by atoms with Crippen LogP contribution in [0.4, 0.5) is 10.5 Å². The van der Waals surface area contributed by atoms with Crippen LogP contribution in [0, 0.1) is 0 Å². The molecule has 0 saturated carbocycles. The molecule has 1 amide bonds. The van der Waals surface area contributed by atoms with Crippen molar-refractivity contribution in [1.82, 2.24) is 0 Å². The van der Waals surface area contributed by atoms with Gasteiger partial charge < -0.3 is 9.57 Å². The van der Waals surface area contributed by atoms with E-state index < -0.39 is 6.09 Å². The van der Waals surface area contributed by atoms with Gasteiger partial charge in [0, 0.05) is 10.0 Å². The number of carbonyl (C=O) groups excluding carboxylic acids is 1. The van der Waals surface area contributed by atoms with Gasteiger partial charge in [0.2, 0.25) is 0 Å². The third-order valence-corrected chi connectivity index (χ3v) is 3.65. The van der Waals surface area contributed by atoms with E-state index in [-0.39, 0.29) is 6.61 Å². The molecule has 0 radical (unpaired) electrons. The summed E-state index contributed by atoms with van der Waals surface area (Å²) in [6.07, 6.45) is -0.521. The Hall–Kier alpha value is -2.34. The monoisotopic (exact) mass is 376 g/mol. The Labute approximate surface area is 143 Å². The van der Waals surface area contributed by atoms with Crippen LogP contribution in [0.25, 0.3) is 0 Å². The van der Waals surface area contributed by atoms with Crippen LogP contribution in [0.3, 0.4) is 0 Å². The van der Waals surface area contributed by atoms with Crippen LogP contribution in [0.15, 0.2) is 58.2 Å². The van der Waals surface area contributed by atoms with Crippen molar-refractivity contribution in [2.45, 2.75) is 13.5 Å². The number of carbonyl (C=O) groups is 1. The summed E-state index contributed by atoms with van der Waals surface area (Å²) in [6.45, 7) is 2.12. The third kappa shape index (κ3) is 5.10. The van der Waals surface area contributed by atoms with Gasteiger partial charge in [-0.3, -0.25) is 5.32 Å². The molecule has 2 aromatic carbocycles. The van der Waals surface area contributed by atoms with Crippen molar-refractivity contribution < 1.29 is 14.4 Å². The Bertz CT molecular complexity index is 699. The van der Waals surface area contributed by atoms with Crippen LogP contribution in [0.2, 0.25) is 0 Å². The summed E-state index contributed by atoms with van der Waals surface area (Å²) < 4.78 is 5.61. The van der Waals surface area contributed by atoms with Gasteiger partial charge in [0.15, 0.2) is 0 Å². The molecule has 0 bridgehead atoms. The van der Waals surface area contributed by atoms with Gasteiger partial charge in [-0.05, 0) is 30.7 Å². The molecule has 0 aliphatic heterocycles. The SMILES string of the molecule is COC(=O)Nc1ccccc1CO/N=C(\C)c1ccc(Br)cc1. The molecule has 0 aromatic heterocycles. The van der Waals surface area contributed by atoms with Crippen LogP contribution in [0.1, 0.15) is 18.1 Å². The standard InChI is InChI=1S/C17H17BrN2O3/c1-12(13-7-9-15(18)10-8-13)20-23-11-14-5-3-4-6-16(14)19-17(21)22-2/h3-10H,11H2,1-2H3,(H,19,21)/b20-12+. The molecule has 0 spiro atoms. The number of benzene rings is 2. The normalized spacial score (nSPS) is 11.0. The molecule has 0 heterocycles. The molecular formula is C17H17BrN2O3. The number of hydrogen-bond acceptors (Lipinski definition) is 4. The number of anilines is 1. The van der Waals surface area contributed by atoms with E-state index in [4.69, 9.17) is 4.84 Å². The molecule has 0 fully saturated rings. The smallest absolute Gasteiger partial charge is 0.411 e. The number of nitrogens with zero attached hydrogens (tertiary/aromatic N) is 1. The molecule has 23 heavy (non-hydrogen) atoms. The minimum atomic E-state index is -0.521. The van der Waals surface area contributed by atoms with Crippen molar-refractivity contribution in [3.8, 4) is 0 Å². The Morgan fingerprint density at radius 2 is 1.87 bits per heavy atom. The Kier molecular flexibility index (Phi) is 6.17. The number of ether oxygens (including phenoxy) is 1. The van der Waals surface area contributed by atoms with Crippen molar-refractivity contribution in [3.63, 3.8) is 0 Å². The molecule has 0 aliphatic rings. The van der Waals surface area contributed by atoms with Gasteiger partial charge in [-0.15, -0.1) is 0 Å². The molecule has 0 unspecified atom stereocenters. The van der Waals surface area contributed by atoms with E-state index in [2.05, 4.69) is 31.1 Å². The van der Waals surface area contributed by atoms with Crippen LogP contribution in [-0.2, 0) is 16.2 Å². The molecular weight excluding hydrogens is 360 g/mol. The first-order chi connectivity index (χ1) is 11.1. The lowest BCUT2D eigenvalue weighted by atomic mass is 10.1. The van der Waals surface area contributed by atoms with Gasteiger partial charge in [-0.1, -0.05) is 51.4 Å². The first kappa shape index (κ1) is 17.0. The first-order valence-electron chi connectivity index (χ1n) is 6.95. The zero-order chi connectivity index (χ0) is 16.7. The minimum Gasteiger partial charge on any atom is -0.453 e. The van der Waals surface area contributed by atoms with Gasteiger partial charge in [-0.2, -0.15) is 0 Å². The van der Waals surface area contributed by atoms with Crippen LogP contribution in [0.5, 0.6) is 0 Å². The van der Waals surface area contributed by atoms with E-state index in [0.717, 1.165) is 21.3 Å². The molecule has 0 saturated heterocycles. The van der Waals surface area contributed by atoms with E-state index in [9.17, 15) is 4.79 Å². The summed E-state index contributed by atoms with van der Waals surface area (Å²) in [5, 5.41) is 6.76. The lowest BCUT2D eigenvalue weighted by molar-refractivity contribution is 0.131. The topological polar surface area (TPSA) is 59.9 Å². The molecule has 0 aliphatic carbocycles. The molecule has 120 valence electrons. The van der Waals surface area contributed by atoms with E-state index in [0.29, 0.717) is 5.69 Å². The highest BCUT2D eigenvalue weighted by molar-refractivity contribution is 9.10. The Morgan fingerprint density at radius 1 is 1.17 bits per heavy atom. The van der Waals surface area contributed by atoms with E-state index in [1.54, 1.807) is 6.07 Å². The second-order valence-corrected chi connectivity index (χ2v) is 5.65. The average molecular weight is 377 g/mol. The van der Waals surface area contributed by atoms with Gasteiger partial charge >= 0.3 is 6.09 Å². The average Bonchev–Trinajstić information content (AvgIpc) is 2.56. The lowest BCUT2D eigenvalue weighted by Crippen LogP contribution is -2.12.